The minimum absolute atomic E-state index is 0.0633. The van der Waals surface area contributed by atoms with E-state index in [0.717, 1.165) is 4.47 Å². The molecule has 0 atom stereocenters. The summed E-state index contributed by atoms with van der Waals surface area (Å²) in [6, 6.07) is 8.46. The second kappa shape index (κ2) is 6.93. The van der Waals surface area contributed by atoms with Gasteiger partial charge >= 0.3 is 5.97 Å². The number of hydrogen-bond acceptors (Lipinski definition) is 6. The molecule has 118 valence electrons. The van der Waals surface area contributed by atoms with Gasteiger partial charge in [-0.25, -0.2) is 9.78 Å². The van der Waals surface area contributed by atoms with Crippen molar-refractivity contribution in [3.8, 4) is 5.75 Å². The summed E-state index contributed by atoms with van der Waals surface area (Å²) in [5.74, 6) is 0.0441. The van der Waals surface area contributed by atoms with Crippen LogP contribution in [0.4, 0.5) is 0 Å². The van der Waals surface area contributed by atoms with Crippen LogP contribution in [0, 0.1) is 0 Å². The van der Waals surface area contributed by atoms with Gasteiger partial charge in [0.05, 0.1) is 5.69 Å². The first-order chi connectivity index (χ1) is 11.1. The average Bonchev–Trinajstić information content (AvgIpc) is 3.01. The molecule has 0 bridgehead atoms. The summed E-state index contributed by atoms with van der Waals surface area (Å²) in [6.07, 6.45) is 1.65. The molecule has 1 aromatic carbocycles. The molecule has 0 saturated heterocycles. The zero-order valence-corrected chi connectivity index (χ0v) is 14.2. The third-order valence-electron chi connectivity index (χ3n) is 2.91. The highest BCUT2D eigenvalue weighted by atomic mass is 79.9. The number of benzene rings is 1. The van der Waals surface area contributed by atoms with Gasteiger partial charge in [0, 0.05) is 22.1 Å². The van der Waals surface area contributed by atoms with Gasteiger partial charge in [0.2, 0.25) is 0 Å². The monoisotopic (exact) mass is 394 g/mol. The fourth-order valence-corrected chi connectivity index (χ4v) is 2.83. The number of aromatic nitrogens is 2. The minimum atomic E-state index is -0.527. The Bertz CT molecular complexity index is 888. The van der Waals surface area contributed by atoms with Crippen molar-refractivity contribution in [1.82, 2.24) is 9.38 Å². The normalized spacial score (nSPS) is 10.7. The third kappa shape index (κ3) is 3.96. The number of halogens is 1. The molecule has 0 radical (unpaired) electrons. The SMILES string of the molecule is O=C(COc1ccc(Br)cc1)OCc1cc(=O)n2ccsc2n1. The largest absolute Gasteiger partial charge is 0.482 e. The van der Waals surface area contributed by atoms with Gasteiger partial charge in [-0.05, 0) is 24.3 Å². The van der Waals surface area contributed by atoms with Crippen LogP contribution in [-0.4, -0.2) is 22.0 Å². The molecule has 0 aliphatic carbocycles. The van der Waals surface area contributed by atoms with Crippen molar-refractivity contribution in [3.05, 3.63) is 62.4 Å². The summed E-state index contributed by atoms with van der Waals surface area (Å²) in [5, 5.41) is 1.77. The first-order valence-electron chi connectivity index (χ1n) is 6.61. The summed E-state index contributed by atoms with van der Waals surface area (Å²) in [7, 11) is 0. The molecule has 23 heavy (non-hydrogen) atoms. The van der Waals surface area contributed by atoms with Crippen molar-refractivity contribution in [1.29, 1.82) is 0 Å². The number of carbonyl (C=O) groups excluding carboxylic acids is 1. The van der Waals surface area contributed by atoms with Crippen LogP contribution in [0.15, 0.2) is 51.2 Å². The van der Waals surface area contributed by atoms with E-state index in [1.54, 1.807) is 23.7 Å². The van der Waals surface area contributed by atoms with Crippen LogP contribution in [0.2, 0.25) is 0 Å². The maximum atomic E-state index is 11.8. The van der Waals surface area contributed by atoms with Gasteiger partial charge in [0.1, 0.15) is 12.4 Å². The molecule has 2 aromatic heterocycles. The Balaban J connectivity index is 1.55. The van der Waals surface area contributed by atoms with Crippen LogP contribution < -0.4 is 10.3 Å². The summed E-state index contributed by atoms with van der Waals surface area (Å²) >= 11 is 4.66. The standard InChI is InChI=1S/C15H11BrN2O4S/c16-10-1-3-12(4-2-10)21-9-14(20)22-8-11-7-13(19)18-5-6-23-15(18)17-11/h1-7H,8-9H2. The number of hydrogen-bond donors (Lipinski definition) is 0. The van der Waals surface area contributed by atoms with Gasteiger partial charge in [0.15, 0.2) is 11.6 Å². The molecule has 3 rings (SSSR count). The van der Waals surface area contributed by atoms with Crippen LogP contribution in [0.25, 0.3) is 4.96 Å². The van der Waals surface area contributed by atoms with E-state index in [0.29, 0.717) is 16.4 Å². The lowest BCUT2D eigenvalue weighted by Gasteiger charge is -2.07. The topological polar surface area (TPSA) is 69.9 Å². The van der Waals surface area contributed by atoms with Crippen molar-refractivity contribution in [3.63, 3.8) is 0 Å². The number of fused-ring (bicyclic) bond motifs is 1. The smallest absolute Gasteiger partial charge is 0.344 e. The van der Waals surface area contributed by atoms with Crippen LogP contribution in [-0.2, 0) is 16.1 Å². The lowest BCUT2D eigenvalue weighted by atomic mass is 10.3. The minimum Gasteiger partial charge on any atom is -0.482 e. The Morgan fingerprint density at radius 2 is 2.09 bits per heavy atom. The first kappa shape index (κ1) is 15.7. The number of rotatable bonds is 5. The van der Waals surface area contributed by atoms with Crippen molar-refractivity contribution >= 4 is 38.2 Å². The van der Waals surface area contributed by atoms with Gasteiger partial charge in [-0.3, -0.25) is 9.20 Å². The van der Waals surface area contributed by atoms with Crippen molar-refractivity contribution < 1.29 is 14.3 Å². The van der Waals surface area contributed by atoms with E-state index in [2.05, 4.69) is 20.9 Å². The highest BCUT2D eigenvalue weighted by Crippen LogP contribution is 2.16. The quantitative estimate of drug-likeness (QED) is 0.622. The number of ether oxygens (including phenoxy) is 2. The average molecular weight is 395 g/mol. The Kier molecular flexibility index (Phi) is 4.73. The van der Waals surface area contributed by atoms with E-state index in [-0.39, 0.29) is 18.8 Å². The lowest BCUT2D eigenvalue weighted by Crippen LogP contribution is -2.17. The fraction of sp³-hybridized carbons (Fsp3) is 0.133. The van der Waals surface area contributed by atoms with E-state index in [4.69, 9.17) is 9.47 Å². The van der Waals surface area contributed by atoms with Gasteiger partial charge in [-0.15, -0.1) is 11.3 Å². The predicted octanol–water partition coefficient (Wildman–Crippen LogP) is 2.64. The van der Waals surface area contributed by atoms with Crippen LogP contribution in [0.3, 0.4) is 0 Å². The molecule has 6 nitrogen and oxygen atoms in total. The number of carbonyl (C=O) groups is 1. The molecule has 0 spiro atoms. The molecule has 0 fully saturated rings. The third-order valence-corrected chi connectivity index (χ3v) is 4.19. The first-order valence-corrected chi connectivity index (χ1v) is 8.29. The molecule has 0 amide bonds. The summed E-state index contributed by atoms with van der Waals surface area (Å²) < 4.78 is 12.7. The second-order valence-corrected chi connectivity index (χ2v) is 6.33. The summed E-state index contributed by atoms with van der Waals surface area (Å²) in [6.45, 7) is -0.270. The van der Waals surface area contributed by atoms with Crippen molar-refractivity contribution in [2.24, 2.45) is 0 Å². The number of nitrogens with zero attached hydrogens (tertiary/aromatic N) is 2. The fourth-order valence-electron chi connectivity index (χ4n) is 1.83. The molecule has 8 heteroatoms. The van der Waals surface area contributed by atoms with Gasteiger partial charge in [-0.1, -0.05) is 15.9 Å². The second-order valence-electron chi connectivity index (χ2n) is 4.54. The molecular weight excluding hydrogens is 384 g/mol. The van der Waals surface area contributed by atoms with Gasteiger partial charge in [-0.2, -0.15) is 0 Å². The Morgan fingerprint density at radius 3 is 2.87 bits per heavy atom. The predicted molar refractivity (Wildman–Crippen MR) is 88.8 cm³/mol. The van der Waals surface area contributed by atoms with E-state index >= 15 is 0 Å². The van der Waals surface area contributed by atoms with Crippen LogP contribution in [0.5, 0.6) is 5.75 Å². The molecule has 0 aliphatic heterocycles. The molecule has 3 aromatic rings. The summed E-state index contributed by atoms with van der Waals surface area (Å²) in [5.41, 5.74) is 0.211. The Labute approximate surface area is 143 Å². The lowest BCUT2D eigenvalue weighted by molar-refractivity contribution is -0.147. The van der Waals surface area contributed by atoms with Gasteiger partial charge in [0.25, 0.3) is 5.56 Å². The molecular formula is C15H11BrN2O4S. The van der Waals surface area contributed by atoms with Crippen molar-refractivity contribution in [2.45, 2.75) is 6.61 Å². The number of thiazole rings is 1. The van der Waals surface area contributed by atoms with E-state index in [1.807, 2.05) is 12.1 Å². The highest BCUT2D eigenvalue weighted by Gasteiger charge is 2.08. The van der Waals surface area contributed by atoms with E-state index in [1.165, 1.54) is 21.8 Å². The van der Waals surface area contributed by atoms with Crippen molar-refractivity contribution in [2.75, 3.05) is 6.61 Å². The molecule has 2 heterocycles. The highest BCUT2D eigenvalue weighted by molar-refractivity contribution is 9.10. The molecule has 0 saturated carbocycles. The zero-order valence-electron chi connectivity index (χ0n) is 11.8. The molecule has 0 aliphatic rings. The van der Waals surface area contributed by atoms with E-state index < -0.39 is 5.97 Å². The Morgan fingerprint density at radius 1 is 1.30 bits per heavy atom. The zero-order chi connectivity index (χ0) is 16.2. The summed E-state index contributed by atoms with van der Waals surface area (Å²) in [4.78, 5) is 28.3. The Hall–Kier alpha value is -2.19. The van der Waals surface area contributed by atoms with Crippen LogP contribution in [0.1, 0.15) is 5.69 Å². The molecule has 0 unspecified atom stereocenters. The van der Waals surface area contributed by atoms with Gasteiger partial charge < -0.3 is 9.47 Å². The maximum absolute atomic E-state index is 11.8. The molecule has 0 N–H and O–H groups in total. The maximum Gasteiger partial charge on any atom is 0.344 e. The van der Waals surface area contributed by atoms with Crippen LogP contribution >= 0.6 is 27.3 Å². The number of esters is 1. The van der Waals surface area contributed by atoms with E-state index in [9.17, 15) is 9.59 Å².